The van der Waals surface area contributed by atoms with Gasteiger partial charge in [-0.25, -0.2) is 9.59 Å². The Morgan fingerprint density at radius 3 is 2.37 bits per heavy atom. The highest BCUT2D eigenvalue weighted by Crippen LogP contribution is 2.37. The Bertz CT molecular complexity index is 1340. The van der Waals surface area contributed by atoms with Gasteiger partial charge in [0.25, 0.3) is 5.91 Å². The van der Waals surface area contributed by atoms with Crippen molar-refractivity contribution in [1.29, 1.82) is 0 Å². The number of methoxy groups -OCH3 is 1. The van der Waals surface area contributed by atoms with Crippen LogP contribution in [0.25, 0.3) is 5.70 Å². The molecule has 38 heavy (non-hydrogen) atoms. The molecule has 0 bridgehead atoms. The second-order valence-electron chi connectivity index (χ2n) is 8.69. The molecule has 8 nitrogen and oxygen atoms in total. The number of esters is 1. The minimum atomic E-state index is -0.775. The van der Waals surface area contributed by atoms with Crippen LogP contribution in [0.5, 0.6) is 5.75 Å². The Kier molecular flexibility index (Phi) is 8.43. The molecule has 0 spiro atoms. The lowest BCUT2D eigenvalue weighted by Gasteiger charge is -2.37. The first-order valence-electron chi connectivity index (χ1n) is 12.6. The van der Waals surface area contributed by atoms with Gasteiger partial charge in [-0.05, 0) is 60.9 Å². The van der Waals surface area contributed by atoms with Crippen molar-refractivity contribution in [3.8, 4) is 5.75 Å². The summed E-state index contributed by atoms with van der Waals surface area (Å²) in [6.45, 7) is 4.34. The van der Waals surface area contributed by atoms with Crippen LogP contribution in [-0.4, -0.2) is 43.1 Å². The SMILES string of the molecule is CCCN1C(=O)NC(c2cccc(NC(=O)c3ccc(OC)cc3)c2)C(C(=O)OCC)=C1c1ccccc1. The number of urea groups is 1. The number of hydrogen-bond acceptors (Lipinski definition) is 5. The minimum Gasteiger partial charge on any atom is -0.497 e. The molecule has 196 valence electrons. The smallest absolute Gasteiger partial charge is 0.338 e. The third-order valence-electron chi connectivity index (χ3n) is 6.15. The number of amides is 3. The Morgan fingerprint density at radius 2 is 1.71 bits per heavy atom. The molecule has 1 aliphatic rings. The van der Waals surface area contributed by atoms with Gasteiger partial charge >= 0.3 is 12.0 Å². The van der Waals surface area contributed by atoms with E-state index in [-0.39, 0.29) is 18.5 Å². The van der Waals surface area contributed by atoms with Crippen LogP contribution in [-0.2, 0) is 9.53 Å². The lowest BCUT2D eigenvalue weighted by atomic mass is 9.91. The average molecular weight is 514 g/mol. The predicted octanol–water partition coefficient (Wildman–Crippen LogP) is 5.40. The molecule has 0 aromatic heterocycles. The van der Waals surface area contributed by atoms with Crippen molar-refractivity contribution in [2.45, 2.75) is 26.3 Å². The van der Waals surface area contributed by atoms with Gasteiger partial charge < -0.3 is 20.1 Å². The minimum absolute atomic E-state index is 0.191. The largest absolute Gasteiger partial charge is 0.497 e. The number of benzene rings is 3. The number of nitrogens with zero attached hydrogens (tertiary/aromatic N) is 1. The predicted molar refractivity (Wildman–Crippen MR) is 146 cm³/mol. The molecule has 1 atom stereocenters. The number of ether oxygens (including phenoxy) is 2. The van der Waals surface area contributed by atoms with Crippen LogP contribution in [0.3, 0.4) is 0 Å². The van der Waals surface area contributed by atoms with Crippen molar-refractivity contribution in [3.05, 3.63) is 101 Å². The molecule has 3 amide bonds. The van der Waals surface area contributed by atoms with Crippen LogP contribution < -0.4 is 15.4 Å². The van der Waals surface area contributed by atoms with E-state index in [0.29, 0.717) is 46.8 Å². The van der Waals surface area contributed by atoms with Gasteiger partial charge in [-0.15, -0.1) is 0 Å². The lowest BCUT2D eigenvalue weighted by Crippen LogP contribution is -2.48. The summed E-state index contributed by atoms with van der Waals surface area (Å²) in [6, 6.07) is 22.2. The third kappa shape index (κ3) is 5.70. The first kappa shape index (κ1) is 26.5. The summed E-state index contributed by atoms with van der Waals surface area (Å²) in [5.74, 6) is -0.149. The molecule has 8 heteroatoms. The van der Waals surface area contributed by atoms with E-state index >= 15 is 0 Å². The van der Waals surface area contributed by atoms with E-state index in [1.807, 2.05) is 43.3 Å². The molecule has 0 aliphatic carbocycles. The van der Waals surface area contributed by atoms with Gasteiger partial charge in [0.2, 0.25) is 0 Å². The quantitative estimate of drug-likeness (QED) is 0.374. The summed E-state index contributed by atoms with van der Waals surface area (Å²) < 4.78 is 10.6. The monoisotopic (exact) mass is 513 g/mol. The maximum absolute atomic E-state index is 13.4. The first-order chi connectivity index (χ1) is 18.5. The van der Waals surface area contributed by atoms with Crippen molar-refractivity contribution < 1.29 is 23.9 Å². The van der Waals surface area contributed by atoms with Gasteiger partial charge in [0.15, 0.2) is 0 Å². The van der Waals surface area contributed by atoms with E-state index in [4.69, 9.17) is 9.47 Å². The van der Waals surface area contributed by atoms with Crippen molar-refractivity contribution in [1.82, 2.24) is 10.2 Å². The van der Waals surface area contributed by atoms with Crippen LogP contribution >= 0.6 is 0 Å². The highest BCUT2D eigenvalue weighted by Gasteiger charge is 2.38. The number of carbonyl (C=O) groups excluding carboxylic acids is 3. The normalized spacial score (nSPS) is 15.1. The Morgan fingerprint density at radius 1 is 0.974 bits per heavy atom. The highest BCUT2D eigenvalue weighted by atomic mass is 16.5. The van der Waals surface area contributed by atoms with Crippen LogP contribution in [0.15, 0.2) is 84.4 Å². The first-order valence-corrected chi connectivity index (χ1v) is 12.6. The van der Waals surface area contributed by atoms with Crippen LogP contribution in [0.2, 0.25) is 0 Å². The zero-order chi connectivity index (χ0) is 27.1. The van der Waals surface area contributed by atoms with Crippen molar-refractivity contribution in [3.63, 3.8) is 0 Å². The zero-order valence-corrected chi connectivity index (χ0v) is 21.7. The molecule has 1 aliphatic heterocycles. The molecule has 0 fully saturated rings. The second kappa shape index (κ2) is 12.1. The second-order valence-corrected chi connectivity index (χ2v) is 8.69. The van der Waals surface area contributed by atoms with Crippen molar-refractivity contribution >= 4 is 29.3 Å². The standard InChI is InChI=1S/C30H31N3O5/c1-4-18-33-27(20-10-7-6-8-11-20)25(29(35)38-5-2)26(32-30(33)36)22-12-9-13-23(19-22)31-28(34)21-14-16-24(37-3)17-15-21/h6-17,19,26H,4-5,18H2,1-3H3,(H,31,34)(H,32,36). The summed E-state index contributed by atoms with van der Waals surface area (Å²) in [5, 5.41) is 5.88. The maximum atomic E-state index is 13.4. The van der Waals surface area contributed by atoms with E-state index in [1.165, 1.54) is 0 Å². The van der Waals surface area contributed by atoms with E-state index in [0.717, 1.165) is 5.56 Å². The maximum Gasteiger partial charge on any atom is 0.338 e. The number of nitrogens with one attached hydrogen (secondary N) is 2. The van der Waals surface area contributed by atoms with Gasteiger partial charge in [0.1, 0.15) is 5.75 Å². The number of rotatable bonds is 9. The van der Waals surface area contributed by atoms with Crippen LogP contribution in [0.4, 0.5) is 10.5 Å². The number of carbonyl (C=O) groups is 3. The van der Waals surface area contributed by atoms with Gasteiger partial charge in [0, 0.05) is 17.8 Å². The van der Waals surface area contributed by atoms with Gasteiger partial charge in [-0.1, -0.05) is 49.4 Å². The van der Waals surface area contributed by atoms with E-state index < -0.39 is 12.0 Å². The molecule has 4 rings (SSSR count). The van der Waals surface area contributed by atoms with E-state index in [2.05, 4.69) is 10.6 Å². The molecular weight excluding hydrogens is 482 g/mol. The summed E-state index contributed by atoms with van der Waals surface area (Å²) in [7, 11) is 1.56. The molecule has 3 aromatic rings. The Balaban J connectivity index is 1.75. The summed E-state index contributed by atoms with van der Waals surface area (Å²) in [6.07, 6.45) is 0.706. The van der Waals surface area contributed by atoms with E-state index in [1.54, 1.807) is 61.4 Å². The fourth-order valence-corrected chi connectivity index (χ4v) is 4.42. The summed E-state index contributed by atoms with van der Waals surface area (Å²) in [4.78, 5) is 41.2. The van der Waals surface area contributed by atoms with Crippen LogP contribution in [0.1, 0.15) is 47.8 Å². The van der Waals surface area contributed by atoms with Gasteiger partial charge in [0.05, 0.1) is 31.0 Å². The fourth-order valence-electron chi connectivity index (χ4n) is 4.42. The van der Waals surface area contributed by atoms with Gasteiger partial charge in [-0.3, -0.25) is 9.69 Å². The van der Waals surface area contributed by atoms with Crippen molar-refractivity contribution in [2.75, 3.05) is 25.6 Å². The fraction of sp³-hybridized carbons (Fsp3) is 0.233. The molecule has 0 radical (unpaired) electrons. The Labute approximate surface area is 222 Å². The molecular formula is C30H31N3O5. The highest BCUT2D eigenvalue weighted by molar-refractivity contribution is 6.06. The van der Waals surface area contributed by atoms with Crippen LogP contribution in [0, 0.1) is 0 Å². The summed E-state index contributed by atoms with van der Waals surface area (Å²) in [5.41, 5.74) is 3.23. The molecule has 2 N–H and O–H groups in total. The number of anilines is 1. The Hall–Kier alpha value is -4.59. The molecule has 3 aromatic carbocycles. The lowest BCUT2D eigenvalue weighted by molar-refractivity contribution is -0.138. The molecule has 0 saturated carbocycles. The zero-order valence-electron chi connectivity index (χ0n) is 21.7. The molecule has 1 heterocycles. The molecule has 1 unspecified atom stereocenters. The number of hydrogen-bond donors (Lipinski definition) is 2. The third-order valence-corrected chi connectivity index (χ3v) is 6.15. The molecule has 0 saturated heterocycles. The average Bonchev–Trinajstić information content (AvgIpc) is 2.94. The van der Waals surface area contributed by atoms with Gasteiger partial charge in [-0.2, -0.15) is 0 Å². The van der Waals surface area contributed by atoms with Crippen molar-refractivity contribution in [2.24, 2.45) is 0 Å². The summed E-state index contributed by atoms with van der Waals surface area (Å²) >= 11 is 0. The van der Waals surface area contributed by atoms with E-state index in [9.17, 15) is 14.4 Å². The topological polar surface area (TPSA) is 97.0 Å².